The molecule has 2 aromatic heterocycles. The van der Waals surface area contributed by atoms with Gasteiger partial charge in [-0.2, -0.15) is 4.98 Å². The summed E-state index contributed by atoms with van der Waals surface area (Å²) in [4.78, 5) is 23.2. The number of anilines is 1. The quantitative estimate of drug-likeness (QED) is 0.322. The number of nitrogen functional groups attached to an aromatic ring is 1. The molecule has 1 aliphatic rings. The smallest absolute Gasteiger partial charge is 0.280 e. The second-order valence-corrected chi connectivity index (χ2v) is 7.70. The van der Waals surface area contributed by atoms with E-state index in [1.807, 2.05) is 24.3 Å². The van der Waals surface area contributed by atoms with Crippen LogP contribution in [0.3, 0.4) is 0 Å². The zero-order valence-electron chi connectivity index (χ0n) is 15.9. The van der Waals surface area contributed by atoms with Crippen molar-refractivity contribution in [2.75, 3.05) is 19.5 Å². The van der Waals surface area contributed by atoms with Crippen molar-refractivity contribution in [3.63, 3.8) is 0 Å². The predicted octanol–water partition coefficient (Wildman–Crippen LogP) is -0.386. The van der Waals surface area contributed by atoms with Crippen LogP contribution in [0.25, 0.3) is 11.2 Å². The SMILES string of the molecule is COc1ccc(CSc2nc3c(=O)[nH]c(N)nc3n2[C@@H]2O[C@H](CO)[C@@H](O)[C@H]2O)cc1. The Hall–Kier alpha value is -2.64. The molecule has 6 N–H and O–H groups in total. The molecular formula is C18H21N5O6S. The van der Waals surface area contributed by atoms with Gasteiger partial charge in [-0.1, -0.05) is 23.9 Å². The highest BCUT2D eigenvalue weighted by molar-refractivity contribution is 7.98. The van der Waals surface area contributed by atoms with Gasteiger partial charge in [-0.05, 0) is 17.7 Å². The van der Waals surface area contributed by atoms with E-state index in [0.717, 1.165) is 11.3 Å². The molecule has 11 nitrogen and oxygen atoms in total. The third-order valence-corrected chi connectivity index (χ3v) is 5.86. The first-order chi connectivity index (χ1) is 14.4. The van der Waals surface area contributed by atoms with Gasteiger partial charge in [0.2, 0.25) is 5.95 Å². The number of imidazole rings is 1. The predicted molar refractivity (Wildman–Crippen MR) is 108 cm³/mol. The van der Waals surface area contributed by atoms with Crippen molar-refractivity contribution in [3.8, 4) is 5.75 Å². The van der Waals surface area contributed by atoms with E-state index in [0.29, 0.717) is 10.9 Å². The monoisotopic (exact) mass is 435 g/mol. The van der Waals surface area contributed by atoms with Crippen molar-refractivity contribution < 1.29 is 24.8 Å². The standard InChI is InChI=1S/C18H21N5O6S/c1-28-9-4-2-8(3-5-9)7-30-18-20-11-14(21-17(19)22-15(11)27)23(18)16-13(26)12(25)10(6-24)29-16/h2-5,10,12-13,16,24-26H,6-7H2,1H3,(H3,19,21,22,27)/t10-,12-,13-,16-/m1/s1. The minimum absolute atomic E-state index is 0.0270. The summed E-state index contributed by atoms with van der Waals surface area (Å²) in [6.07, 6.45) is -4.76. The van der Waals surface area contributed by atoms with Crippen molar-refractivity contribution in [1.82, 2.24) is 19.5 Å². The normalized spacial score (nSPS) is 23.9. The van der Waals surface area contributed by atoms with Crippen LogP contribution in [-0.2, 0) is 10.5 Å². The minimum Gasteiger partial charge on any atom is -0.497 e. The van der Waals surface area contributed by atoms with Crippen LogP contribution in [0.15, 0.2) is 34.2 Å². The number of hydrogen-bond donors (Lipinski definition) is 5. The molecule has 12 heteroatoms. The number of aromatic amines is 1. The van der Waals surface area contributed by atoms with Gasteiger partial charge in [0.05, 0.1) is 13.7 Å². The molecule has 0 saturated carbocycles. The van der Waals surface area contributed by atoms with Gasteiger partial charge in [-0.25, -0.2) is 4.98 Å². The van der Waals surface area contributed by atoms with Crippen LogP contribution >= 0.6 is 11.8 Å². The number of nitrogens with two attached hydrogens (primary N) is 1. The molecule has 4 atom stereocenters. The number of rotatable bonds is 6. The van der Waals surface area contributed by atoms with Crippen LogP contribution in [0.2, 0.25) is 0 Å². The molecule has 4 rings (SSSR count). The summed E-state index contributed by atoms with van der Waals surface area (Å²) in [5.41, 5.74) is 6.27. The summed E-state index contributed by atoms with van der Waals surface area (Å²) in [6, 6.07) is 7.46. The van der Waals surface area contributed by atoms with Crippen LogP contribution in [0.5, 0.6) is 5.75 Å². The highest BCUT2D eigenvalue weighted by Crippen LogP contribution is 2.36. The summed E-state index contributed by atoms with van der Waals surface area (Å²) < 4.78 is 12.2. The molecule has 0 radical (unpaired) electrons. The number of hydrogen-bond acceptors (Lipinski definition) is 10. The first-order valence-corrected chi connectivity index (χ1v) is 10.1. The Morgan fingerprint density at radius 1 is 1.27 bits per heavy atom. The van der Waals surface area contributed by atoms with E-state index >= 15 is 0 Å². The van der Waals surface area contributed by atoms with E-state index in [4.69, 9.17) is 15.2 Å². The van der Waals surface area contributed by atoms with Gasteiger partial charge in [0, 0.05) is 5.75 Å². The molecule has 30 heavy (non-hydrogen) atoms. The number of fused-ring (bicyclic) bond motifs is 1. The van der Waals surface area contributed by atoms with E-state index in [2.05, 4.69) is 15.0 Å². The van der Waals surface area contributed by atoms with Gasteiger partial charge in [-0.15, -0.1) is 0 Å². The topological polar surface area (TPSA) is 169 Å². The molecule has 0 spiro atoms. The molecule has 3 heterocycles. The number of aliphatic hydroxyl groups excluding tert-OH is 3. The maximum Gasteiger partial charge on any atom is 0.280 e. The molecule has 1 saturated heterocycles. The number of ether oxygens (including phenoxy) is 2. The fraction of sp³-hybridized carbons (Fsp3) is 0.389. The first-order valence-electron chi connectivity index (χ1n) is 9.09. The van der Waals surface area contributed by atoms with E-state index in [1.165, 1.54) is 16.3 Å². The van der Waals surface area contributed by atoms with Crippen molar-refractivity contribution in [1.29, 1.82) is 0 Å². The summed E-state index contributed by atoms with van der Waals surface area (Å²) >= 11 is 1.30. The second-order valence-electron chi connectivity index (χ2n) is 6.75. The van der Waals surface area contributed by atoms with E-state index in [9.17, 15) is 20.1 Å². The minimum atomic E-state index is -1.36. The molecule has 1 aliphatic heterocycles. The van der Waals surface area contributed by atoms with Gasteiger partial charge in [0.15, 0.2) is 22.5 Å². The van der Waals surface area contributed by atoms with Crippen molar-refractivity contribution >= 4 is 28.9 Å². The Kier molecular flexibility index (Phi) is 5.66. The fourth-order valence-electron chi connectivity index (χ4n) is 3.28. The van der Waals surface area contributed by atoms with Crippen LogP contribution in [0.1, 0.15) is 11.8 Å². The van der Waals surface area contributed by atoms with Crippen molar-refractivity contribution in [2.24, 2.45) is 0 Å². The molecule has 0 amide bonds. The maximum atomic E-state index is 12.3. The van der Waals surface area contributed by atoms with Gasteiger partial charge in [0.25, 0.3) is 5.56 Å². The second kappa shape index (κ2) is 8.24. The van der Waals surface area contributed by atoms with Crippen LogP contribution in [0, 0.1) is 0 Å². The van der Waals surface area contributed by atoms with Crippen molar-refractivity contribution in [2.45, 2.75) is 35.4 Å². The maximum absolute atomic E-state index is 12.3. The molecular weight excluding hydrogens is 414 g/mol. The molecule has 3 aromatic rings. The Morgan fingerprint density at radius 3 is 2.63 bits per heavy atom. The van der Waals surface area contributed by atoms with Crippen LogP contribution < -0.4 is 16.0 Å². The molecule has 0 unspecified atom stereocenters. The first kappa shape index (κ1) is 20.6. The number of nitrogens with zero attached hydrogens (tertiary/aromatic N) is 3. The number of thioether (sulfide) groups is 1. The Bertz CT molecular complexity index is 1100. The number of aliphatic hydroxyl groups is 3. The molecule has 1 aromatic carbocycles. The van der Waals surface area contributed by atoms with Crippen LogP contribution in [0.4, 0.5) is 5.95 Å². The highest BCUT2D eigenvalue weighted by atomic mass is 32.2. The zero-order chi connectivity index (χ0) is 21.4. The van der Waals surface area contributed by atoms with Gasteiger partial charge >= 0.3 is 0 Å². The summed E-state index contributed by atoms with van der Waals surface area (Å²) in [5.74, 6) is 1.11. The summed E-state index contributed by atoms with van der Waals surface area (Å²) in [7, 11) is 1.59. The third kappa shape index (κ3) is 3.63. The summed E-state index contributed by atoms with van der Waals surface area (Å²) in [5, 5.41) is 30.4. The lowest BCUT2D eigenvalue weighted by Crippen LogP contribution is -2.33. The van der Waals surface area contributed by atoms with Gasteiger partial charge < -0.3 is 30.5 Å². The average molecular weight is 435 g/mol. The third-order valence-electron chi connectivity index (χ3n) is 4.84. The average Bonchev–Trinajstić information content (AvgIpc) is 3.24. The molecule has 1 fully saturated rings. The Labute approximate surface area is 174 Å². The number of aromatic nitrogens is 4. The van der Waals surface area contributed by atoms with E-state index in [1.54, 1.807) is 7.11 Å². The Balaban J connectivity index is 1.74. The largest absolute Gasteiger partial charge is 0.497 e. The van der Waals surface area contributed by atoms with Gasteiger partial charge in [-0.3, -0.25) is 14.3 Å². The summed E-state index contributed by atoms with van der Waals surface area (Å²) in [6.45, 7) is -0.480. The molecule has 0 bridgehead atoms. The van der Waals surface area contributed by atoms with E-state index < -0.39 is 36.7 Å². The molecule has 160 valence electrons. The number of benzene rings is 1. The lowest BCUT2D eigenvalue weighted by Gasteiger charge is -2.19. The zero-order valence-corrected chi connectivity index (χ0v) is 16.7. The fourth-order valence-corrected chi connectivity index (χ4v) is 4.25. The Morgan fingerprint density at radius 2 is 2.00 bits per heavy atom. The highest BCUT2D eigenvalue weighted by Gasteiger charge is 2.45. The number of methoxy groups -OCH3 is 1. The number of nitrogens with one attached hydrogen (secondary N) is 1. The lowest BCUT2D eigenvalue weighted by molar-refractivity contribution is -0.0548. The van der Waals surface area contributed by atoms with Crippen LogP contribution in [-0.4, -0.2) is 66.9 Å². The molecule has 0 aliphatic carbocycles. The van der Waals surface area contributed by atoms with E-state index in [-0.39, 0.29) is 17.1 Å². The van der Waals surface area contributed by atoms with Gasteiger partial charge in [0.1, 0.15) is 24.1 Å². The van der Waals surface area contributed by atoms with Crippen molar-refractivity contribution in [3.05, 3.63) is 40.2 Å². The lowest BCUT2D eigenvalue weighted by atomic mass is 10.1. The number of H-pyrrole nitrogens is 1.